The lowest BCUT2D eigenvalue weighted by molar-refractivity contribution is -0.141. The number of nitrogens with zero attached hydrogens (tertiary/aromatic N) is 3. The number of aryl methyl sites for hydroxylation is 1. The van der Waals surface area contributed by atoms with Gasteiger partial charge in [0.1, 0.15) is 5.82 Å². The second-order valence-electron chi connectivity index (χ2n) is 5.19. The third kappa shape index (κ3) is 3.46. The Bertz CT molecular complexity index is 501. The lowest BCUT2D eigenvalue weighted by Gasteiger charge is -2.19. The fourth-order valence-corrected chi connectivity index (χ4v) is 2.37. The molecule has 0 aromatic carbocycles. The Morgan fingerprint density at radius 1 is 1.50 bits per heavy atom. The van der Waals surface area contributed by atoms with Crippen LogP contribution in [-0.2, 0) is 11.3 Å². The van der Waals surface area contributed by atoms with Crippen LogP contribution < -0.4 is 5.32 Å². The summed E-state index contributed by atoms with van der Waals surface area (Å²) in [6.45, 7) is 2.10. The maximum absolute atomic E-state index is 12.0. The first-order valence-corrected chi connectivity index (χ1v) is 6.58. The molecule has 0 saturated heterocycles. The van der Waals surface area contributed by atoms with Gasteiger partial charge < -0.3 is 15.3 Å². The van der Waals surface area contributed by atoms with Gasteiger partial charge >= 0.3 is 12.0 Å². The summed E-state index contributed by atoms with van der Waals surface area (Å²) in [5.41, 5.74) is 0. The molecule has 110 valence electrons. The third-order valence-corrected chi connectivity index (χ3v) is 3.48. The van der Waals surface area contributed by atoms with Crippen molar-refractivity contribution in [2.24, 2.45) is 5.92 Å². The molecule has 1 saturated carbocycles. The zero-order valence-electron chi connectivity index (χ0n) is 11.6. The van der Waals surface area contributed by atoms with Gasteiger partial charge in [0.2, 0.25) is 0 Å². The van der Waals surface area contributed by atoms with Gasteiger partial charge in [0.05, 0.1) is 12.5 Å². The standard InChI is InChI=1S/C12H19N5O3/c1-7-13-10(16-15-7)6-17(2)12(20)14-9-4-3-8(5-9)11(18)19/h8-9H,3-6H2,1-2H3,(H,14,20)(H,18,19)(H,13,15,16)/t8-,9+/m1/s1. The van der Waals surface area contributed by atoms with Crippen LogP contribution in [-0.4, -0.2) is 50.3 Å². The first-order valence-electron chi connectivity index (χ1n) is 6.58. The second-order valence-corrected chi connectivity index (χ2v) is 5.19. The number of H-pyrrole nitrogens is 1. The van der Waals surface area contributed by atoms with Crippen molar-refractivity contribution < 1.29 is 14.7 Å². The molecule has 0 spiro atoms. The van der Waals surface area contributed by atoms with Crippen molar-refractivity contribution in [1.82, 2.24) is 25.4 Å². The number of amides is 2. The quantitative estimate of drug-likeness (QED) is 0.744. The average Bonchev–Trinajstić information content (AvgIpc) is 2.98. The Morgan fingerprint density at radius 2 is 2.25 bits per heavy atom. The minimum atomic E-state index is -0.786. The Hall–Kier alpha value is -2.12. The third-order valence-electron chi connectivity index (χ3n) is 3.48. The van der Waals surface area contributed by atoms with Crippen molar-refractivity contribution in [1.29, 1.82) is 0 Å². The number of nitrogens with one attached hydrogen (secondary N) is 2. The molecule has 0 bridgehead atoms. The number of urea groups is 1. The lowest BCUT2D eigenvalue weighted by atomic mass is 10.1. The van der Waals surface area contributed by atoms with Gasteiger partial charge in [-0.25, -0.2) is 9.78 Å². The molecule has 1 aliphatic carbocycles. The van der Waals surface area contributed by atoms with E-state index in [4.69, 9.17) is 5.11 Å². The van der Waals surface area contributed by atoms with Crippen molar-refractivity contribution in [2.45, 2.75) is 38.8 Å². The molecule has 8 heteroatoms. The van der Waals surface area contributed by atoms with E-state index in [0.29, 0.717) is 37.5 Å². The Balaban J connectivity index is 1.81. The van der Waals surface area contributed by atoms with Crippen LogP contribution in [0.15, 0.2) is 0 Å². The van der Waals surface area contributed by atoms with Crippen molar-refractivity contribution in [3.63, 3.8) is 0 Å². The van der Waals surface area contributed by atoms with Crippen LogP contribution in [0.5, 0.6) is 0 Å². The van der Waals surface area contributed by atoms with Gasteiger partial charge in [-0.05, 0) is 26.2 Å². The first kappa shape index (κ1) is 14.3. The van der Waals surface area contributed by atoms with Gasteiger partial charge in [-0.2, -0.15) is 5.10 Å². The second kappa shape index (κ2) is 5.89. The number of hydrogen-bond acceptors (Lipinski definition) is 4. The largest absolute Gasteiger partial charge is 0.481 e. The number of rotatable bonds is 4. The van der Waals surface area contributed by atoms with Crippen LogP contribution in [0.1, 0.15) is 30.9 Å². The van der Waals surface area contributed by atoms with E-state index in [1.165, 1.54) is 4.90 Å². The van der Waals surface area contributed by atoms with Gasteiger partial charge in [-0.15, -0.1) is 0 Å². The van der Waals surface area contributed by atoms with Crippen molar-refractivity contribution >= 4 is 12.0 Å². The highest BCUT2D eigenvalue weighted by atomic mass is 16.4. The van der Waals surface area contributed by atoms with E-state index in [2.05, 4.69) is 20.5 Å². The molecule has 0 radical (unpaired) electrons. The molecule has 1 aromatic rings. The minimum absolute atomic E-state index is 0.0695. The number of carboxylic acid groups (broad SMARTS) is 1. The SMILES string of the molecule is Cc1nc(CN(C)C(=O)N[C@H]2CC[C@@H](C(=O)O)C2)n[nH]1. The van der Waals surface area contributed by atoms with E-state index in [1.54, 1.807) is 14.0 Å². The van der Waals surface area contributed by atoms with E-state index in [-0.39, 0.29) is 18.0 Å². The maximum Gasteiger partial charge on any atom is 0.317 e. The highest BCUT2D eigenvalue weighted by molar-refractivity contribution is 5.75. The number of aliphatic carboxylic acids is 1. The minimum Gasteiger partial charge on any atom is -0.481 e. The molecular formula is C12H19N5O3. The molecule has 1 aromatic heterocycles. The van der Waals surface area contributed by atoms with Crippen LogP contribution in [0, 0.1) is 12.8 Å². The number of carbonyl (C=O) groups is 2. The average molecular weight is 281 g/mol. The Kier molecular flexibility index (Phi) is 4.21. The van der Waals surface area contributed by atoms with Gasteiger partial charge in [0.15, 0.2) is 5.82 Å². The summed E-state index contributed by atoms with van der Waals surface area (Å²) >= 11 is 0. The number of aromatic amines is 1. The van der Waals surface area contributed by atoms with E-state index in [0.717, 1.165) is 0 Å². The first-order chi connectivity index (χ1) is 9.45. The zero-order valence-corrected chi connectivity index (χ0v) is 11.6. The van der Waals surface area contributed by atoms with Gasteiger partial charge in [0, 0.05) is 13.1 Å². The summed E-state index contributed by atoms with van der Waals surface area (Å²) in [6, 6.07) is -0.302. The number of carboxylic acids is 1. The highest BCUT2D eigenvalue weighted by Gasteiger charge is 2.31. The topological polar surface area (TPSA) is 111 Å². The van der Waals surface area contributed by atoms with Crippen LogP contribution in [0.2, 0.25) is 0 Å². The zero-order chi connectivity index (χ0) is 14.7. The molecular weight excluding hydrogens is 262 g/mol. The maximum atomic E-state index is 12.0. The fourth-order valence-electron chi connectivity index (χ4n) is 2.37. The molecule has 0 aliphatic heterocycles. The van der Waals surface area contributed by atoms with Crippen molar-refractivity contribution in [3.8, 4) is 0 Å². The van der Waals surface area contributed by atoms with E-state index in [9.17, 15) is 9.59 Å². The number of carbonyl (C=O) groups excluding carboxylic acids is 1. The predicted octanol–water partition coefficient (Wildman–Crippen LogP) is 0.508. The molecule has 20 heavy (non-hydrogen) atoms. The summed E-state index contributed by atoms with van der Waals surface area (Å²) in [5, 5.41) is 18.5. The van der Waals surface area contributed by atoms with Gasteiger partial charge in [-0.1, -0.05) is 0 Å². The molecule has 8 nitrogen and oxygen atoms in total. The molecule has 0 unspecified atom stereocenters. The van der Waals surface area contributed by atoms with Crippen LogP contribution in [0.3, 0.4) is 0 Å². The van der Waals surface area contributed by atoms with Crippen molar-refractivity contribution in [2.75, 3.05) is 7.05 Å². The Morgan fingerprint density at radius 3 is 2.80 bits per heavy atom. The summed E-state index contributed by atoms with van der Waals surface area (Å²) < 4.78 is 0. The van der Waals surface area contributed by atoms with E-state index in [1.807, 2.05) is 0 Å². The molecule has 1 heterocycles. The molecule has 2 rings (SSSR count). The summed E-state index contributed by atoms with van der Waals surface area (Å²) in [6.07, 6.45) is 1.81. The van der Waals surface area contributed by atoms with E-state index >= 15 is 0 Å². The van der Waals surface area contributed by atoms with Crippen LogP contribution >= 0.6 is 0 Å². The molecule has 3 N–H and O–H groups in total. The monoisotopic (exact) mass is 281 g/mol. The Labute approximate surface area is 116 Å². The summed E-state index contributed by atoms with van der Waals surface area (Å²) in [4.78, 5) is 28.5. The number of aromatic nitrogens is 3. The van der Waals surface area contributed by atoms with Crippen LogP contribution in [0.4, 0.5) is 4.79 Å². The summed E-state index contributed by atoms with van der Waals surface area (Å²) in [7, 11) is 1.66. The lowest BCUT2D eigenvalue weighted by Crippen LogP contribution is -2.42. The highest BCUT2D eigenvalue weighted by Crippen LogP contribution is 2.25. The molecule has 1 fully saturated rings. The van der Waals surface area contributed by atoms with E-state index < -0.39 is 5.97 Å². The predicted molar refractivity (Wildman–Crippen MR) is 69.9 cm³/mol. The molecule has 1 aliphatic rings. The van der Waals surface area contributed by atoms with Gasteiger partial charge in [-0.3, -0.25) is 9.89 Å². The smallest absolute Gasteiger partial charge is 0.317 e. The molecule has 2 amide bonds. The fraction of sp³-hybridized carbons (Fsp3) is 0.667. The van der Waals surface area contributed by atoms with Crippen molar-refractivity contribution in [3.05, 3.63) is 11.6 Å². The summed E-state index contributed by atoms with van der Waals surface area (Å²) in [5.74, 6) is 0.122. The molecule has 2 atom stereocenters. The van der Waals surface area contributed by atoms with Gasteiger partial charge in [0.25, 0.3) is 0 Å². The van der Waals surface area contributed by atoms with Crippen LogP contribution in [0.25, 0.3) is 0 Å². The normalized spacial score (nSPS) is 21.7. The number of hydrogen-bond donors (Lipinski definition) is 3.